The molecule has 2 rings (SSSR count). The van der Waals surface area contributed by atoms with Gasteiger partial charge in [0.25, 0.3) is 0 Å². The van der Waals surface area contributed by atoms with E-state index in [1.807, 2.05) is 24.3 Å². The predicted molar refractivity (Wildman–Crippen MR) is 75.1 cm³/mol. The standard InChI is InChI=1S/C15H22N2O/c1-12(16)15(18)13-6-8-14(9-7-13)17-10-4-2-3-5-11-17/h6-9,12H,2-5,10-11,16H2,1H3. The number of hydrogen-bond acceptors (Lipinski definition) is 3. The highest BCUT2D eigenvalue weighted by Crippen LogP contribution is 2.20. The molecular weight excluding hydrogens is 224 g/mol. The maximum absolute atomic E-state index is 11.7. The van der Waals surface area contributed by atoms with Gasteiger partial charge in [0.15, 0.2) is 5.78 Å². The average molecular weight is 246 g/mol. The molecule has 1 unspecified atom stereocenters. The Morgan fingerprint density at radius 3 is 2.17 bits per heavy atom. The second-order valence-electron chi connectivity index (χ2n) is 5.10. The number of nitrogens with two attached hydrogens (primary N) is 1. The van der Waals surface area contributed by atoms with Gasteiger partial charge in [0.2, 0.25) is 0 Å². The molecule has 3 nitrogen and oxygen atoms in total. The van der Waals surface area contributed by atoms with Gasteiger partial charge in [0, 0.05) is 24.3 Å². The van der Waals surface area contributed by atoms with Gasteiger partial charge in [-0.3, -0.25) is 4.79 Å². The molecule has 1 heterocycles. The largest absolute Gasteiger partial charge is 0.372 e. The van der Waals surface area contributed by atoms with Crippen LogP contribution in [0.4, 0.5) is 5.69 Å². The number of anilines is 1. The highest BCUT2D eigenvalue weighted by atomic mass is 16.1. The van der Waals surface area contributed by atoms with Gasteiger partial charge in [-0.1, -0.05) is 12.8 Å². The first-order chi connectivity index (χ1) is 8.68. The van der Waals surface area contributed by atoms with Crippen molar-refractivity contribution in [3.63, 3.8) is 0 Å². The number of carbonyl (C=O) groups is 1. The van der Waals surface area contributed by atoms with Crippen LogP contribution in [0.2, 0.25) is 0 Å². The summed E-state index contributed by atoms with van der Waals surface area (Å²) in [6.45, 7) is 3.98. The fraction of sp³-hybridized carbons (Fsp3) is 0.533. The first-order valence-corrected chi connectivity index (χ1v) is 6.83. The smallest absolute Gasteiger partial charge is 0.179 e. The molecule has 1 aromatic rings. The van der Waals surface area contributed by atoms with Gasteiger partial charge in [-0.05, 0) is 44.0 Å². The lowest BCUT2D eigenvalue weighted by atomic mass is 10.1. The number of ketones is 1. The minimum absolute atomic E-state index is 0.0115. The molecule has 0 saturated carbocycles. The van der Waals surface area contributed by atoms with Gasteiger partial charge in [-0.2, -0.15) is 0 Å². The Kier molecular flexibility index (Phi) is 4.37. The van der Waals surface area contributed by atoms with Crippen LogP contribution in [-0.2, 0) is 0 Å². The van der Waals surface area contributed by atoms with Crippen LogP contribution in [0.25, 0.3) is 0 Å². The minimum Gasteiger partial charge on any atom is -0.372 e. The molecule has 1 aromatic carbocycles. The van der Waals surface area contributed by atoms with Crippen molar-refractivity contribution >= 4 is 11.5 Å². The Hall–Kier alpha value is -1.35. The molecule has 2 N–H and O–H groups in total. The SMILES string of the molecule is CC(N)C(=O)c1ccc(N2CCCCCC2)cc1. The zero-order valence-corrected chi connectivity index (χ0v) is 11.1. The van der Waals surface area contributed by atoms with Crippen molar-refractivity contribution < 1.29 is 4.79 Å². The number of Topliss-reactive ketones (excluding diaryl/α,β-unsaturated/α-hetero) is 1. The van der Waals surface area contributed by atoms with Gasteiger partial charge in [-0.15, -0.1) is 0 Å². The van der Waals surface area contributed by atoms with Crippen LogP contribution in [0.3, 0.4) is 0 Å². The Bertz CT molecular complexity index is 389. The van der Waals surface area contributed by atoms with Crippen LogP contribution >= 0.6 is 0 Å². The van der Waals surface area contributed by atoms with Crippen molar-refractivity contribution in [2.24, 2.45) is 5.73 Å². The third-order valence-electron chi connectivity index (χ3n) is 3.54. The van der Waals surface area contributed by atoms with Gasteiger partial charge < -0.3 is 10.6 Å². The topological polar surface area (TPSA) is 46.3 Å². The summed E-state index contributed by atoms with van der Waals surface area (Å²) in [5, 5.41) is 0. The Labute approximate surface area is 109 Å². The van der Waals surface area contributed by atoms with E-state index in [4.69, 9.17) is 5.73 Å². The predicted octanol–water partition coefficient (Wildman–Crippen LogP) is 2.60. The van der Waals surface area contributed by atoms with Gasteiger partial charge in [0.1, 0.15) is 0 Å². The molecule has 0 radical (unpaired) electrons. The molecule has 0 aromatic heterocycles. The normalized spacial score (nSPS) is 18.2. The lowest BCUT2D eigenvalue weighted by Gasteiger charge is -2.22. The Morgan fingerprint density at radius 1 is 1.11 bits per heavy atom. The summed E-state index contributed by atoms with van der Waals surface area (Å²) >= 11 is 0. The van der Waals surface area contributed by atoms with Crippen molar-refractivity contribution in [1.29, 1.82) is 0 Å². The quantitative estimate of drug-likeness (QED) is 0.834. The van der Waals surface area contributed by atoms with Crippen molar-refractivity contribution in [2.75, 3.05) is 18.0 Å². The van der Waals surface area contributed by atoms with Crippen LogP contribution in [-0.4, -0.2) is 24.9 Å². The van der Waals surface area contributed by atoms with Gasteiger partial charge >= 0.3 is 0 Å². The van der Waals surface area contributed by atoms with Crippen LogP contribution in [0.1, 0.15) is 43.0 Å². The maximum atomic E-state index is 11.7. The summed E-state index contributed by atoms with van der Waals surface area (Å²) in [6, 6.07) is 7.45. The number of rotatable bonds is 3. The molecule has 0 bridgehead atoms. The third-order valence-corrected chi connectivity index (χ3v) is 3.54. The highest BCUT2D eigenvalue weighted by molar-refractivity contribution is 5.99. The number of nitrogens with zero attached hydrogens (tertiary/aromatic N) is 1. The van der Waals surface area contributed by atoms with Crippen molar-refractivity contribution in [1.82, 2.24) is 0 Å². The molecule has 3 heteroatoms. The fourth-order valence-corrected chi connectivity index (χ4v) is 2.43. The zero-order chi connectivity index (χ0) is 13.0. The maximum Gasteiger partial charge on any atom is 0.179 e. The van der Waals surface area contributed by atoms with E-state index in [0.717, 1.165) is 13.1 Å². The lowest BCUT2D eigenvalue weighted by molar-refractivity contribution is 0.0968. The van der Waals surface area contributed by atoms with E-state index in [9.17, 15) is 4.79 Å². The molecule has 1 atom stereocenters. The Morgan fingerprint density at radius 2 is 1.67 bits per heavy atom. The van der Waals surface area contributed by atoms with Crippen LogP contribution in [0, 0.1) is 0 Å². The lowest BCUT2D eigenvalue weighted by Crippen LogP contribution is -2.27. The second-order valence-corrected chi connectivity index (χ2v) is 5.10. The van der Waals surface area contributed by atoms with E-state index in [1.165, 1.54) is 31.4 Å². The van der Waals surface area contributed by atoms with Crippen molar-refractivity contribution in [3.8, 4) is 0 Å². The molecule has 1 aliphatic rings. The summed E-state index contributed by atoms with van der Waals surface area (Å²) in [6.07, 6.45) is 5.19. The summed E-state index contributed by atoms with van der Waals surface area (Å²) in [7, 11) is 0. The Balaban J connectivity index is 2.09. The number of hydrogen-bond donors (Lipinski definition) is 1. The van der Waals surface area contributed by atoms with E-state index in [-0.39, 0.29) is 5.78 Å². The number of carbonyl (C=O) groups excluding carboxylic acids is 1. The fourth-order valence-electron chi connectivity index (χ4n) is 2.43. The van der Waals surface area contributed by atoms with E-state index in [2.05, 4.69) is 4.90 Å². The van der Waals surface area contributed by atoms with E-state index in [0.29, 0.717) is 5.56 Å². The molecule has 18 heavy (non-hydrogen) atoms. The van der Waals surface area contributed by atoms with E-state index < -0.39 is 6.04 Å². The van der Waals surface area contributed by atoms with Gasteiger partial charge in [-0.25, -0.2) is 0 Å². The molecule has 1 aliphatic heterocycles. The monoisotopic (exact) mass is 246 g/mol. The molecule has 98 valence electrons. The van der Waals surface area contributed by atoms with Crippen molar-refractivity contribution in [2.45, 2.75) is 38.6 Å². The first-order valence-electron chi connectivity index (χ1n) is 6.83. The van der Waals surface area contributed by atoms with E-state index in [1.54, 1.807) is 6.92 Å². The van der Waals surface area contributed by atoms with Crippen LogP contribution < -0.4 is 10.6 Å². The molecule has 1 fully saturated rings. The summed E-state index contributed by atoms with van der Waals surface area (Å²) < 4.78 is 0. The van der Waals surface area contributed by atoms with Gasteiger partial charge in [0.05, 0.1) is 6.04 Å². The summed E-state index contributed by atoms with van der Waals surface area (Å²) in [5.74, 6) is 0.0115. The average Bonchev–Trinajstić information content (AvgIpc) is 2.67. The number of benzene rings is 1. The van der Waals surface area contributed by atoms with E-state index >= 15 is 0 Å². The highest BCUT2D eigenvalue weighted by Gasteiger charge is 2.13. The summed E-state index contributed by atoms with van der Waals surface area (Å²) in [5.41, 5.74) is 7.54. The molecule has 1 saturated heterocycles. The van der Waals surface area contributed by atoms with Crippen LogP contribution in [0.15, 0.2) is 24.3 Å². The summed E-state index contributed by atoms with van der Waals surface area (Å²) in [4.78, 5) is 14.2. The third kappa shape index (κ3) is 3.10. The van der Waals surface area contributed by atoms with Crippen molar-refractivity contribution in [3.05, 3.63) is 29.8 Å². The molecule has 0 spiro atoms. The minimum atomic E-state index is -0.422. The molecular formula is C15H22N2O. The second kappa shape index (κ2) is 6.01. The molecule has 0 aliphatic carbocycles. The molecule has 0 amide bonds. The first kappa shape index (κ1) is 13.1. The van der Waals surface area contributed by atoms with Crippen LogP contribution in [0.5, 0.6) is 0 Å². The zero-order valence-electron chi connectivity index (χ0n) is 11.1.